The van der Waals surface area contributed by atoms with Crippen LogP contribution in [0.4, 0.5) is 4.79 Å². The number of hydrogen-bond donors (Lipinski definition) is 2. The Bertz CT molecular complexity index is 1050. The van der Waals surface area contributed by atoms with E-state index in [-0.39, 0.29) is 38.1 Å². The van der Waals surface area contributed by atoms with Gasteiger partial charge in [-0.15, -0.1) is 0 Å². The average molecular weight is 481 g/mol. The van der Waals surface area contributed by atoms with Gasteiger partial charge in [-0.1, -0.05) is 55.5 Å². The lowest BCUT2D eigenvalue weighted by atomic mass is 9.80. The molecule has 0 radical (unpaired) electrons. The van der Waals surface area contributed by atoms with Gasteiger partial charge < -0.3 is 24.8 Å². The summed E-state index contributed by atoms with van der Waals surface area (Å²) < 4.78 is 11.2. The first-order valence-corrected chi connectivity index (χ1v) is 12.0. The number of carboxylic acids is 1. The molecule has 2 atom stereocenters. The Morgan fingerprint density at radius 3 is 2.34 bits per heavy atom. The van der Waals surface area contributed by atoms with Crippen LogP contribution in [0, 0.1) is 11.3 Å². The standard InChI is InChI=1S/C27H32N2O6/c1-18(24(30)31)14-29(2)25(32)27(12-7-13-34-17-27)16-28-26(33)35-15-23-21-10-5-3-8-19(21)20-9-4-6-11-22(20)23/h3-6,8-11,18,23H,7,12-17H2,1-2H3,(H,28,33)(H,30,31). The highest BCUT2D eigenvalue weighted by molar-refractivity contribution is 5.84. The van der Waals surface area contributed by atoms with E-state index in [2.05, 4.69) is 29.6 Å². The van der Waals surface area contributed by atoms with E-state index < -0.39 is 23.4 Å². The molecule has 8 heteroatoms. The van der Waals surface area contributed by atoms with Gasteiger partial charge in [0.15, 0.2) is 0 Å². The molecule has 1 saturated heterocycles. The Labute approximate surface area is 205 Å². The smallest absolute Gasteiger partial charge is 0.407 e. The number of nitrogens with one attached hydrogen (secondary N) is 1. The summed E-state index contributed by atoms with van der Waals surface area (Å²) in [6, 6.07) is 16.2. The van der Waals surface area contributed by atoms with Gasteiger partial charge in [0, 0.05) is 32.7 Å². The number of aliphatic carboxylic acids is 1. The van der Waals surface area contributed by atoms with Gasteiger partial charge in [-0.2, -0.15) is 0 Å². The number of alkyl carbamates (subject to hydrolysis) is 1. The summed E-state index contributed by atoms with van der Waals surface area (Å²) in [5.74, 6) is -1.94. The lowest BCUT2D eigenvalue weighted by Gasteiger charge is -2.38. The molecule has 2 aliphatic rings. The van der Waals surface area contributed by atoms with Crippen LogP contribution in [0.1, 0.15) is 36.8 Å². The summed E-state index contributed by atoms with van der Waals surface area (Å²) in [7, 11) is 1.59. The maximum Gasteiger partial charge on any atom is 0.407 e. The SMILES string of the molecule is CC(CN(C)C(=O)C1(CNC(=O)OCC2c3ccccc3-c3ccccc32)CCCOC1)C(=O)O. The third-order valence-corrected chi connectivity index (χ3v) is 7.01. The van der Waals surface area contributed by atoms with Crippen molar-refractivity contribution in [3.05, 3.63) is 59.7 Å². The number of rotatable bonds is 8. The molecule has 2 unspecified atom stereocenters. The second-order valence-electron chi connectivity index (χ2n) is 9.54. The van der Waals surface area contributed by atoms with E-state index in [1.54, 1.807) is 14.0 Å². The minimum atomic E-state index is -0.963. The highest BCUT2D eigenvalue weighted by atomic mass is 16.5. The lowest BCUT2D eigenvalue weighted by Crippen LogP contribution is -2.54. The molecule has 2 N–H and O–H groups in total. The Morgan fingerprint density at radius 2 is 1.77 bits per heavy atom. The number of fused-ring (bicyclic) bond motifs is 3. The van der Waals surface area contributed by atoms with E-state index >= 15 is 0 Å². The summed E-state index contributed by atoms with van der Waals surface area (Å²) in [4.78, 5) is 38.6. The van der Waals surface area contributed by atoms with Gasteiger partial charge in [-0.3, -0.25) is 9.59 Å². The molecule has 0 spiro atoms. The largest absolute Gasteiger partial charge is 0.481 e. The normalized spacial score (nSPS) is 19.8. The van der Waals surface area contributed by atoms with Crippen LogP contribution in [-0.2, 0) is 19.1 Å². The molecule has 4 rings (SSSR count). The van der Waals surface area contributed by atoms with E-state index in [1.807, 2.05) is 24.3 Å². The second kappa shape index (κ2) is 10.5. The number of ether oxygens (including phenoxy) is 2. The third-order valence-electron chi connectivity index (χ3n) is 7.01. The summed E-state index contributed by atoms with van der Waals surface area (Å²) in [6.45, 7) is 2.62. The van der Waals surface area contributed by atoms with Gasteiger partial charge >= 0.3 is 12.1 Å². The Morgan fingerprint density at radius 1 is 1.14 bits per heavy atom. The molecule has 186 valence electrons. The van der Waals surface area contributed by atoms with Crippen molar-refractivity contribution in [1.82, 2.24) is 10.2 Å². The molecule has 0 saturated carbocycles. The predicted molar refractivity (Wildman–Crippen MR) is 130 cm³/mol. The first kappa shape index (κ1) is 24.7. The predicted octanol–water partition coefficient (Wildman–Crippen LogP) is 3.50. The van der Waals surface area contributed by atoms with Crippen molar-refractivity contribution in [2.75, 3.05) is 40.0 Å². The maximum atomic E-state index is 13.3. The van der Waals surface area contributed by atoms with Crippen LogP contribution in [0.3, 0.4) is 0 Å². The molecule has 1 aliphatic carbocycles. The molecule has 2 aromatic carbocycles. The number of carbonyl (C=O) groups is 3. The van der Waals surface area contributed by atoms with E-state index in [1.165, 1.54) is 4.90 Å². The average Bonchev–Trinajstić information content (AvgIpc) is 3.20. The van der Waals surface area contributed by atoms with Crippen molar-refractivity contribution in [1.29, 1.82) is 0 Å². The van der Waals surface area contributed by atoms with Gasteiger partial charge in [0.05, 0.1) is 17.9 Å². The third kappa shape index (κ3) is 5.17. The second-order valence-corrected chi connectivity index (χ2v) is 9.54. The van der Waals surface area contributed by atoms with Crippen molar-refractivity contribution in [3.8, 4) is 11.1 Å². The fraction of sp³-hybridized carbons (Fsp3) is 0.444. The van der Waals surface area contributed by atoms with E-state index in [0.717, 1.165) is 22.3 Å². The van der Waals surface area contributed by atoms with Crippen molar-refractivity contribution >= 4 is 18.0 Å². The Kier molecular flexibility index (Phi) is 7.40. The van der Waals surface area contributed by atoms with Gasteiger partial charge in [0.25, 0.3) is 0 Å². The van der Waals surface area contributed by atoms with Crippen LogP contribution in [0.25, 0.3) is 11.1 Å². The number of hydrogen-bond acceptors (Lipinski definition) is 5. The number of carbonyl (C=O) groups excluding carboxylic acids is 2. The Hall–Kier alpha value is -3.39. The van der Waals surface area contributed by atoms with Crippen LogP contribution in [0.15, 0.2) is 48.5 Å². The van der Waals surface area contributed by atoms with Gasteiger partial charge in [0.1, 0.15) is 6.61 Å². The molecule has 0 bridgehead atoms. The first-order chi connectivity index (χ1) is 16.8. The van der Waals surface area contributed by atoms with Crippen molar-refractivity contribution < 1.29 is 29.0 Å². The molecule has 35 heavy (non-hydrogen) atoms. The number of amides is 2. The lowest BCUT2D eigenvalue weighted by molar-refractivity contribution is -0.151. The summed E-state index contributed by atoms with van der Waals surface area (Å²) in [5, 5.41) is 12.0. The quantitative estimate of drug-likeness (QED) is 0.599. The minimum absolute atomic E-state index is 0.0506. The van der Waals surface area contributed by atoms with E-state index in [9.17, 15) is 19.5 Å². The van der Waals surface area contributed by atoms with Crippen molar-refractivity contribution in [3.63, 3.8) is 0 Å². The highest BCUT2D eigenvalue weighted by Gasteiger charge is 2.43. The molecule has 1 heterocycles. The Balaban J connectivity index is 1.39. The number of benzene rings is 2. The monoisotopic (exact) mass is 480 g/mol. The van der Waals surface area contributed by atoms with Crippen LogP contribution < -0.4 is 5.32 Å². The zero-order chi connectivity index (χ0) is 25.0. The number of carboxylic acid groups (broad SMARTS) is 1. The van der Waals surface area contributed by atoms with Crippen LogP contribution in [-0.4, -0.2) is 67.9 Å². The molecule has 8 nitrogen and oxygen atoms in total. The van der Waals surface area contributed by atoms with Crippen molar-refractivity contribution in [2.45, 2.75) is 25.7 Å². The van der Waals surface area contributed by atoms with Crippen LogP contribution >= 0.6 is 0 Å². The molecular weight excluding hydrogens is 448 g/mol. The molecule has 0 aromatic heterocycles. The van der Waals surface area contributed by atoms with Gasteiger partial charge in [-0.05, 0) is 35.1 Å². The fourth-order valence-corrected chi connectivity index (χ4v) is 5.10. The first-order valence-electron chi connectivity index (χ1n) is 12.0. The van der Waals surface area contributed by atoms with Gasteiger partial charge in [0.2, 0.25) is 5.91 Å². The van der Waals surface area contributed by atoms with E-state index in [4.69, 9.17) is 9.47 Å². The topological polar surface area (TPSA) is 105 Å². The highest BCUT2D eigenvalue weighted by Crippen LogP contribution is 2.44. The molecular formula is C27H32N2O6. The summed E-state index contributed by atoms with van der Waals surface area (Å²) >= 11 is 0. The maximum absolute atomic E-state index is 13.3. The van der Waals surface area contributed by atoms with Gasteiger partial charge in [-0.25, -0.2) is 4.79 Å². The summed E-state index contributed by atoms with van der Waals surface area (Å²) in [5.41, 5.74) is 3.61. The zero-order valence-electron chi connectivity index (χ0n) is 20.2. The van der Waals surface area contributed by atoms with E-state index in [0.29, 0.717) is 19.4 Å². The molecule has 1 fully saturated rings. The number of nitrogens with zero attached hydrogens (tertiary/aromatic N) is 1. The van der Waals surface area contributed by atoms with Crippen LogP contribution in [0.2, 0.25) is 0 Å². The van der Waals surface area contributed by atoms with Crippen molar-refractivity contribution in [2.24, 2.45) is 11.3 Å². The molecule has 1 aliphatic heterocycles. The van der Waals surface area contributed by atoms with Crippen LogP contribution in [0.5, 0.6) is 0 Å². The zero-order valence-corrected chi connectivity index (χ0v) is 20.2. The minimum Gasteiger partial charge on any atom is -0.481 e. The molecule has 2 amide bonds. The molecule has 2 aromatic rings. The fourth-order valence-electron chi connectivity index (χ4n) is 5.10. The summed E-state index contributed by atoms with van der Waals surface area (Å²) in [6.07, 6.45) is 0.632.